The second-order valence-electron chi connectivity index (χ2n) is 4.81. The lowest BCUT2D eigenvalue weighted by Crippen LogP contribution is -2.18. The minimum absolute atomic E-state index is 0.0348. The first-order valence-corrected chi connectivity index (χ1v) is 6.31. The van der Waals surface area contributed by atoms with E-state index in [4.69, 9.17) is 18.0 Å². The standard InChI is InChI=1S/C12H14F3N3S/c1-6-4-7(6)5-17-11-8(10(16)19)2-3-9(18-11)12(13,14)15/h2-3,6-7H,4-5H2,1H3,(H2,16,19)(H,17,18). The molecule has 7 heteroatoms. The van der Waals surface area contributed by atoms with Crippen molar-refractivity contribution in [2.24, 2.45) is 17.6 Å². The summed E-state index contributed by atoms with van der Waals surface area (Å²) in [5, 5.41) is 2.92. The molecule has 1 saturated carbocycles. The van der Waals surface area contributed by atoms with Crippen molar-refractivity contribution >= 4 is 23.0 Å². The summed E-state index contributed by atoms with van der Waals surface area (Å²) >= 11 is 4.82. The number of thiocarbonyl (C=S) groups is 1. The van der Waals surface area contributed by atoms with Gasteiger partial charge in [-0.15, -0.1) is 0 Å². The Kier molecular flexibility index (Phi) is 3.66. The van der Waals surface area contributed by atoms with Crippen molar-refractivity contribution in [1.29, 1.82) is 0 Å². The number of nitrogens with one attached hydrogen (secondary N) is 1. The van der Waals surface area contributed by atoms with Gasteiger partial charge in [0, 0.05) is 6.54 Å². The highest BCUT2D eigenvalue weighted by Gasteiger charge is 2.34. The molecule has 2 atom stereocenters. The maximum atomic E-state index is 12.6. The predicted octanol–water partition coefficient (Wildman–Crippen LogP) is 2.80. The lowest BCUT2D eigenvalue weighted by atomic mass is 10.2. The zero-order valence-corrected chi connectivity index (χ0v) is 11.1. The summed E-state index contributed by atoms with van der Waals surface area (Å²) in [5.41, 5.74) is 4.89. The SMILES string of the molecule is CC1CC1CNc1nc(C(F)(F)F)ccc1C(N)=S. The summed E-state index contributed by atoms with van der Waals surface area (Å²) in [4.78, 5) is 3.62. The Morgan fingerprint density at radius 3 is 2.63 bits per heavy atom. The zero-order valence-electron chi connectivity index (χ0n) is 10.3. The number of aromatic nitrogens is 1. The molecule has 19 heavy (non-hydrogen) atoms. The van der Waals surface area contributed by atoms with E-state index in [1.165, 1.54) is 6.07 Å². The third-order valence-corrected chi connectivity index (χ3v) is 3.48. The Labute approximate surface area is 114 Å². The Bertz CT molecular complexity index is 501. The molecule has 3 nitrogen and oxygen atoms in total. The van der Waals surface area contributed by atoms with Gasteiger partial charge in [0.15, 0.2) is 0 Å². The van der Waals surface area contributed by atoms with Gasteiger partial charge in [0.2, 0.25) is 0 Å². The Morgan fingerprint density at radius 2 is 2.16 bits per heavy atom. The van der Waals surface area contributed by atoms with Crippen molar-refractivity contribution in [3.05, 3.63) is 23.4 Å². The van der Waals surface area contributed by atoms with Crippen LogP contribution in [0.1, 0.15) is 24.6 Å². The van der Waals surface area contributed by atoms with Crippen LogP contribution in [0.5, 0.6) is 0 Å². The molecule has 2 rings (SSSR count). The molecule has 1 aromatic heterocycles. The van der Waals surface area contributed by atoms with Gasteiger partial charge in [-0.1, -0.05) is 19.1 Å². The van der Waals surface area contributed by atoms with Gasteiger partial charge in [0.25, 0.3) is 0 Å². The summed E-state index contributed by atoms with van der Waals surface area (Å²) in [7, 11) is 0. The van der Waals surface area contributed by atoms with E-state index in [1.54, 1.807) is 0 Å². The first kappa shape index (κ1) is 14.0. The van der Waals surface area contributed by atoms with E-state index in [-0.39, 0.29) is 10.8 Å². The maximum absolute atomic E-state index is 12.6. The van der Waals surface area contributed by atoms with Gasteiger partial charge in [0.1, 0.15) is 16.5 Å². The molecule has 0 radical (unpaired) electrons. The van der Waals surface area contributed by atoms with Crippen LogP contribution in [0.2, 0.25) is 0 Å². The van der Waals surface area contributed by atoms with Gasteiger partial charge in [-0.3, -0.25) is 0 Å². The fraction of sp³-hybridized carbons (Fsp3) is 0.500. The van der Waals surface area contributed by atoms with Crippen LogP contribution in [0.3, 0.4) is 0 Å². The second kappa shape index (κ2) is 4.96. The highest BCUT2D eigenvalue weighted by Crippen LogP contribution is 2.38. The van der Waals surface area contributed by atoms with Crippen molar-refractivity contribution in [3.63, 3.8) is 0 Å². The number of halogens is 3. The van der Waals surface area contributed by atoms with E-state index >= 15 is 0 Å². The molecule has 0 saturated heterocycles. The number of anilines is 1. The summed E-state index contributed by atoms with van der Waals surface area (Å²) in [5.74, 6) is 1.20. The summed E-state index contributed by atoms with van der Waals surface area (Å²) in [6.07, 6.45) is -3.40. The molecular weight excluding hydrogens is 275 g/mol. The monoisotopic (exact) mass is 289 g/mol. The van der Waals surface area contributed by atoms with Gasteiger partial charge in [-0.2, -0.15) is 13.2 Å². The normalized spacial score (nSPS) is 22.1. The first-order chi connectivity index (χ1) is 8.79. The molecule has 1 fully saturated rings. The second-order valence-corrected chi connectivity index (χ2v) is 5.25. The lowest BCUT2D eigenvalue weighted by molar-refractivity contribution is -0.141. The van der Waals surface area contributed by atoms with Gasteiger partial charge in [-0.25, -0.2) is 4.98 Å². The molecule has 3 N–H and O–H groups in total. The highest BCUT2D eigenvalue weighted by molar-refractivity contribution is 7.80. The van der Waals surface area contributed by atoms with Gasteiger partial charge in [0.05, 0.1) is 5.56 Å². The van der Waals surface area contributed by atoms with Crippen LogP contribution in [0.4, 0.5) is 19.0 Å². The van der Waals surface area contributed by atoms with Crippen LogP contribution in [0, 0.1) is 11.8 Å². The molecule has 0 bridgehead atoms. The van der Waals surface area contributed by atoms with Gasteiger partial charge >= 0.3 is 6.18 Å². The van der Waals surface area contributed by atoms with Crippen LogP contribution in [-0.4, -0.2) is 16.5 Å². The average Bonchev–Trinajstić information content (AvgIpc) is 3.01. The largest absolute Gasteiger partial charge is 0.433 e. The minimum atomic E-state index is -4.47. The summed E-state index contributed by atoms with van der Waals surface area (Å²) in [6.45, 7) is 2.69. The smallest absolute Gasteiger partial charge is 0.389 e. The fourth-order valence-electron chi connectivity index (χ4n) is 1.86. The maximum Gasteiger partial charge on any atom is 0.433 e. The number of rotatable bonds is 4. The van der Waals surface area contributed by atoms with E-state index < -0.39 is 11.9 Å². The minimum Gasteiger partial charge on any atom is -0.389 e. The zero-order chi connectivity index (χ0) is 14.2. The lowest BCUT2D eigenvalue weighted by Gasteiger charge is -2.13. The number of hydrogen-bond donors (Lipinski definition) is 2. The molecule has 1 aliphatic rings. The summed E-state index contributed by atoms with van der Waals surface area (Å²) in [6, 6.07) is 2.15. The molecule has 104 valence electrons. The summed E-state index contributed by atoms with van der Waals surface area (Å²) < 4.78 is 37.9. The van der Waals surface area contributed by atoms with Crippen molar-refractivity contribution in [3.8, 4) is 0 Å². The predicted molar refractivity (Wildman–Crippen MR) is 70.9 cm³/mol. The van der Waals surface area contributed by atoms with Crippen molar-refractivity contribution in [2.45, 2.75) is 19.5 Å². The fourth-order valence-corrected chi connectivity index (χ4v) is 2.03. The van der Waals surface area contributed by atoms with Gasteiger partial charge < -0.3 is 11.1 Å². The highest BCUT2D eigenvalue weighted by atomic mass is 32.1. The molecular formula is C12H14F3N3S. The van der Waals surface area contributed by atoms with E-state index in [2.05, 4.69) is 17.2 Å². The van der Waals surface area contributed by atoms with E-state index in [9.17, 15) is 13.2 Å². The molecule has 1 aromatic rings. The number of hydrogen-bond acceptors (Lipinski definition) is 3. The Hall–Kier alpha value is -1.37. The quantitative estimate of drug-likeness (QED) is 0.837. The van der Waals surface area contributed by atoms with Crippen LogP contribution in [0.15, 0.2) is 12.1 Å². The average molecular weight is 289 g/mol. The van der Waals surface area contributed by atoms with Crippen LogP contribution in [-0.2, 0) is 6.18 Å². The number of alkyl halides is 3. The van der Waals surface area contributed by atoms with E-state index in [1.807, 2.05) is 0 Å². The Morgan fingerprint density at radius 1 is 1.53 bits per heavy atom. The van der Waals surface area contributed by atoms with Crippen LogP contribution in [0.25, 0.3) is 0 Å². The number of nitrogens with two attached hydrogens (primary N) is 1. The number of pyridine rings is 1. The molecule has 1 heterocycles. The van der Waals surface area contributed by atoms with Gasteiger partial charge in [-0.05, 0) is 30.4 Å². The third kappa shape index (κ3) is 3.34. The van der Waals surface area contributed by atoms with Crippen molar-refractivity contribution < 1.29 is 13.2 Å². The van der Waals surface area contributed by atoms with E-state index in [0.717, 1.165) is 12.5 Å². The van der Waals surface area contributed by atoms with E-state index in [0.29, 0.717) is 23.9 Å². The molecule has 0 spiro atoms. The molecule has 0 amide bonds. The molecule has 1 aliphatic carbocycles. The molecule has 0 aliphatic heterocycles. The van der Waals surface area contributed by atoms with Crippen LogP contribution < -0.4 is 11.1 Å². The Balaban J connectivity index is 2.22. The van der Waals surface area contributed by atoms with Crippen molar-refractivity contribution in [2.75, 3.05) is 11.9 Å². The first-order valence-electron chi connectivity index (χ1n) is 5.91. The molecule has 0 aromatic carbocycles. The molecule has 2 unspecified atom stereocenters. The topological polar surface area (TPSA) is 50.9 Å². The third-order valence-electron chi connectivity index (χ3n) is 3.26. The van der Waals surface area contributed by atoms with Crippen LogP contribution >= 0.6 is 12.2 Å². The van der Waals surface area contributed by atoms with Crippen molar-refractivity contribution in [1.82, 2.24) is 4.98 Å². The number of nitrogens with zero attached hydrogens (tertiary/aromatic N) is 1.